The van der Waals surface area contributed by atoms with E-state index < -0.39 is 11.7 Å². The molecular formula is C24H30ClFN2O3. The van der Waals surface area contributed by atoms with Gasteiger partial charge in [-0.1, -0.05) is 17.7 Å². The maximum absolute atomic E-state index is 13.8. The molecule has 0 radical (unpaired) electrons. The molecule has 0 aliphatic rings. The Bertz CT molecular complexity index is 908. The Labute approximate surface area is 188 Å². The fourth-order valence-corrected chi connectivity index (χ4v) is 3.39. The zero-order valence-electron chi connectivity index (χ0n) is 18.6. The van der Waals surface area contributed by atoms with Gasteiger partial charge in [0.15, 0.2) is 11.5 Å². The van der Waals surface area contributed by atoms with Crippen molar-refractivity contribution in [3.05, 3.63) is 58.9 Å². The molecule has 0 heterocycles. The van der Waals surface area contributed by atoms with Crippen LogP contribution in [0.2, 0.25) is 5.02 Å². The number of halogens is 2. The van der Waals surface area contributed by atoms with Gasteiger partial charge in [-0.25, -0.2) is 4.39 Å². The standard InChI is InChI=1S/C24H30ClFN2O3/c1-16(2)28(17(3)4)12-13-31-23-15-20(9-10-22(23)30-5)27-24(29)11-7-18-6-8-19(25)14-21(18)26/h6-11,14-17H,12-13H2,1-5H3,(H,27,29)/b11-7+. The topological polar surface area (TPSA) is 50.8 Å². The van der Waals surface area contributed by atoms with E-state index >= 15 is 0 Å². The van der Waals surface area contributed by atoms with Crippen molar-refractivity contribution in [3.63, 3.8) is 0 Å². The fourth-order valence-electron chi connectivity index (χ4n) is 3.23. The van der Waals surface area contributed by atoms with Gasteiger partial charge in [0, 0.05) is 47.0 Å². The summed E-state index contributed by atoms with van der Waals surface area (Å²) in [7, 11) is 1.57. The normalized spacial score (nSPS) is 11.5. The first-order valence-electron chi connectivity index (χ1n) is 10.2. The first-order chi connectivity index (χ1) is 14.7. The molecule has 0 saturated carbocycles. The zero-order chi connectivity index (χ0) is 23.0. The average Bonchev–Trinajstić information content (AvgIpc) is 2.70. The van der Waals surface area contributed by atoms with Crippen LogP contribution in [0.25, 0.3) is 6.08 Å². The first-order valence-corrected chi connectivity index (χ1v) is 10.6. The van der Waals surface area contributed by atoms with Crippen LogP contribution in [0, 0.1) is 5.82 Å². The lowest BCUT2D eigenvalue weighted by Gasteiger charge is -2.30. The number of hydrogen-bond acceptors (Lipinski definition) is 4. The van der Waals surface area contributed by atoms with Crippen molar-refractivity contribution in [2.75, 3.05) is 25.6 Å². The molecule has 0 spiro atoms. The predicted molar refractivity (Wildman–Crippen MR) is 125 cm³/mol. The second-order valence-corrected chi connectivity index (χ2v) is 8.06. The summed E-state index contributed by atoms with van der Waals surface area (Å²) in [5.41, 5.74) is 0.824. The number of carbonyl (C=O) groups excluding carboxylic acids is 1. The Morgan fingerprint density at radius 1 is 1.13 bits per heavy atom. The third-order valence-corrected chi connectivity index (χ3v) is 4.98. The van der Waals surface area contributed by atoms with Crippen molar-refractivity contribution in [1.82, 2.24) is 4.90 Å². The van der Waals surface area contributed by atoms with Gasteiger partial charge in [-0.3, -0.25) is 9.69 Å². The van der Waals surface area contributed by atoms with E-state index in [1.807, 2.05) is 0 Å². The van der Waals surface area contributed by atoms with Gasteiger partial charge in [-0.05, 0) is 58.0 Å². The fraction of sp³-hybridized carbons (Fsp3) is 0.375. The molecule has 0 bridgehead atoms. The molecule has 31 heavy (non-hydrogen) atoms. The average molecular weight is 449 g/mol. The molecular weight excluding hydrogens is 419 g/mol. The minimum Gasteiger partial charge on any atom is -0.493 e. The molecule has 0 atom stereocenters. The molecule has 2 aromatic rings. The Kier molecular flexibility index (Phi) is 9.34. The Hall–Kier alpha value is -2.57. The SMILES string of the molecule is COc1ccc(NC(=O)/C=C/c2ccc(Cl)cc2F)cc1OCCN(C(C)C)C(C)C. The van der Waals surface area contributed by atoms with Gasteiger partial charge in [0.05, 0.1) is 7.11 Å². The van der Waals surface area contributed by atoms with E-state index in [0.29, 0.717) is 40.9 Å². The highest BCUT2D eigenvalue weighted by atomic mass is 35.5. The molecule has 1 N–H and O–H groups in total. The van der Waals surface area contributed by atoms with Crippen LogP contribution in [0.5, 0.6) is 11.5 Å². The number of anilines is 1. The summed E-state index contributed by atoms with van der Waals surface area (Å²) in [5.74, 6) is 0.239. The molecule has 0 fully saturated rings. The monoisotopic (exact) mass is 448 g/mol. The zero-order valence-corrected chi connectivity index (χ0v) is 19.4. The van der Waals surface area contributed by atoms with Crippen LogP contribution < -0.4 is 14.8 Å². The second kappa shape index (κ2) is 11.7. The van der Waals surface area contributed by atoms with Crippen LogP contribution in [0.15, 0.2) is 42.5 Å². The van der Waals surface area contributed by atoms with Gasteiger partial charge in [0.1, 0.15) is 12.4 Å². The van der Waals surface area contributed by atoms with Crippen LogP contribution in [0.1, 0.15) is 33.3 Å². The number of methoxy groups -OCH3 is 1. The summed E-state index contributed by atoms with van der Waals surface area (Å²) in [6.07, 6.45) is 2.66. The highest BCUT2D eigenvalue weighted by Crippen LogP contribution is 2.30. The van der Waals surface area contributed by atoms with Gasteiger partial charge >= 0.3 is 0 Å². The second-order valence-electron chi connectivity index (χ2n) is 7.63. The summed E-state index contributed by atoms with van der Waals surface area (Å²) in [6, 6.07) is 10.3. The molecule has 2 rings (SSSR count). The van der Waals surface area contributed by atoms with Gasteiger partial charge in [0.25, 0.3) is 0 Å². The predicted octanol–water partition coefficient (Wildman–Crippen LogP) is 5.64. The van der Waals surface area contributed by atoms with Crippen molar-refractivity contribution in [2.45, 2.75) is 39.8 Å². The van der Waals surface area contributed by atoms with E-state index in [4.69, 9.17) is 21.1 Å². The van der Waals surface area contributed by atoms with E-state index in [9.17, 15) is 9.18 Å². The number of ether oxygens (including phenoxy) is 2. The lowest BCUT2D eigenvalue weighted by Crippen LogP contribution is -2.39. The number of rotatable bonds is 10. The molecule has 5 nitrogen and oxygen atoms in total. The number of nitrogens with zero attached hydrogens (tertiary/aromatic N) is 1. The van der Waals surface area contributed by atoms with Crippen molar-refractivity contribution < 1.29 is 18.7 Å². The van der Waals surface area contributed by atoms with Crippen molar-refractivity contribution in [3.8, 4) is 11.5 Å². The van der Waals surface area contributed by atoms with E-state index in [1.54, 1.807) is 31.4 Å². The summed E-state index contributed by atoms with van der Waals surface area (Å²) >= 11 is 5.74. The van der Waals surface area contributed by atoms with Gasteiger partial charge in [-0.15, -0.1) is 0 Å². The number of benzene rings is 2. The summed E-state index contributed by atoms with van der Waals surface area (Å²) in [4.78, 5) is 14.6. The number of hydrogen-bond donors (Lipinski definition) is 1. The van der Waals surface area contributed by atoms with Crippen LogP contribution >= 0.6 is 11.6 Å². The Morgan fingerprint density at radius 2 is 1.84 bits per heavy atom. The van der Waals surface area contributed by atoms with E-state index in [2.05, 4.69) is 37.9 Å². The Morgan fingerprint density at radius 3 is 2.45 bits per heavy atom. The Balaban J connectivity index is 2.03. The van der Waals surface area contributed by atoms with Crippen LogP contribution in [-0.2, 0) is 4.79 Å². The van der Waals surface area contributed by atoms with Gasteiger partial charge < -0.3 is 14.8 Å². The molecule has 0 aliphatic carbocycles. The van der Waals surface area contributed by atoms with E-state index in [0.717, 1.165) is 6.54 Å². The summed E-state index contributed by atoms with van der Waals surface area (Å²) < 4.78 is 25.1. The lowest BCUT2D eigenvalue weighted by molar-refractivity contribution is -0.111. The third kappa shape index (κ3) is 7.56. The molecule has 0 aromatic heterocycles. The van der Waals surface area contributed by atoms with Gasteiger partial charge in [0.2, 0.25) is 5.91 Å². The van der Waals surface area contributed by atoms with Crippen molar-refractivity contribution in [1.29, 1.82) is 0 Å². The maximum atomic E-state index is 13.8. The van der Waals surface area contributed by atoms with Crippen LogP contribution in [-0.4, -0.2) is 43.2 Å². The highest BCUT2D eigenvalue weighted by molar-refractivity contribution is 6.30. The van der Waals surface area contributed by atoms with E-state index in [-0.39, 0.29) is 5.56 Å². The van der Waals surface area contributed by atoms with Crippen LogP contribution in [0.3, 0.4) is 0 Å². The summed E-state index contributed by atoms with van der Waals surface area (Å²) in [5, 5.41) is 3.05. The molecule has 0 saturated heterocycles. The minimum absolute atomic E-state index is 0.276. The van der Waals surface area contributed by atoms with Crippen molar-refractivity contribution >= 4 is 29.3 Å². The molecule has 168 valence electrons. The van der Waals surface area contributed by atoms with E-state index in [1.165, 1.54) is 24.3 Å². The first kappa shape index (κ1) is 24.7. The molecule has 1 amide bonds. The molecule has 2 aromatic carbocycles. The number of amides is 1. The van der Waals surface area contributed by atoms with Gasteiger partial charge in [-0.2, -0.15) is 0 Å². The lowest BCUT2D eigenvalue weighted by atomic mass is 10.2. The molecule has 0 unspecified atom stereocenters. The molecule has 7 heteroatoms. The molecule has 0 aliphatic heterocycles. The van der Waals surface area contributed by atoms with Crippen LogP contribution in [0.4, 0.5) is 10.1 Å². The third-order valence-electron chi connectivity index (χ3n) is 4.74. The minimum atomic E-state index is -0.492. The quantitative estimate of drug-likeness (QED) is 0.478. The maximum Gasteiger partial charge on any atom is 0.248 e. The summed E-state index contributed by atoms with van der Waals surface area (Å²) in [6.45, 7) is 9.87. The van der Waals surface area contributed by atoms with Crippen molar-refractivity contribution in [2.24, 2.45) is 0 Å². The number of nitrogens with one attached hydrogen (secondary N) is 1. The number of carbonyl (C=O) groups is 1. The largest absolute Gasteiger partial charge is 0.493 e. The smallest absolute Gasteiger partial charge is 0.248 e. The highest BCUT2D eigenvalue weighted by Gasteiger charge is 2.14.